The first-order valence-electron chi connectivity index (χ1n) is 6.56. The molecule has 1 aliphatic heterocycles. The Hall–Kier alpha value is -0.0800. The lowest BCUT2D eigenvalue weighted by Crippen LogP contribution is -2.48. The molecule has 2 nitrogen and oxygen atoms in total. The minimum absolute atomic E-state index is 0.308. The van der Waals surface area contributed by atoms with E-state index in [0.717, 1.165) is 12.0 Å². The molecule has 0 spiro atoms. The average Bonchev–Trinajstić information content (AvgIpc) is 2.49. The molecule has 1 aliphatic carbocycles. The van der Waals surface area contributed by atoms with Gasteiger partial charge in [0.1, 0.15) is 0 Å². The molecule has 0 aromatic heterocycles. The summed E-state index contributed by atoms with van der Waals surface area (Å²) in [6.07, 6.45) is 5.61. The van der Waals surface area contributed by atoms with E-state index in [9.17, 15) is 0 Å². The Morgan fingerprint density at radius 1 is 1.27 bits per heavy atom. The molecule has 2 atom stereocenters. The molecule has 88 valence electrons. The van der Waals surface area contributed by atoms with Crippen molar-refractivity contribution in [3.05, 3.63) is 0 Å². The van der Waals surface area contributed by atoms with E-state index >= 15 is 0 Å². The van der Waals surface area contributed by atoms with Crippen LogP contribution in [0, 0.1) is 5.92 Å². The molecule has 2 aliphatic rings. The van der Waals surface area contributed by atoms with Crippen LogP contribution in [0.1, 0.15) is 46.5 Å². The van der Waals surface area contributed by atoms with Crippen molar-refractivity contribution < 1.29 is 0 Å². The van der Waals surface area contributed by atoms with Crippen LogP contribution in [-0.4, -0.2) is 36.1 Å². The van der Waals surface area contributed by atoms with Crippen LogP contribution in [0.4, 0.5) is 0 Å². The fraction of sp³-hybridized carbons (Fsp3) is 1.00. The van der Waals surface area contributed by atoms with E-state index in [0.29, 0.717) is 5.54 Å². The molecule has 1 saturated heterocycles. The third-order valence-corrected chi connectivity index (χ3v) is 4.01. The van der Waals surface area contributed by atoms with E-state index in [1.807, 2.05) is 0 Å². The molecular weight excluding hydrogens is 184 g/mol. The molecular formula is C13H26N2. The lowest BCUT2D eigenvalue weighted by atomic mass is 10.0. The van der Waals surface area contributed by atoms with E-state index in [-0.39, 0.29) is 0 Å². The summed E-state index contributed by atoms with van der Waals surface area (Å²) in [5.41, 5.74) is 0.308. The van der Waals surface area contributed by atoms with E-state index in [2.05, 4.69) is 31.0 Å². The summed E-state index contributed by atoms with van der Waals surface area (Å²) in [6.45, 7) is 10.8. The zero-order chi connectivity index (χ0) is 10.9. The Morgan fingerprint density at radius 3 is 2.73 bits per heavy atom. The highest BCUT2D eigenvalue weighted by atomic mass is 15.2. The highest BCUT2D eigenvalue weighted by Crippen LogP contribution is 2.30. The van der Waals surface area contributed by atoms with Gasteiger partial charge in [0.2, 0.25) is 0 Å². The summed E-state index contributed by atoms with van der Waals surface area (Å²) in [4.78, 5) is 2.74. The SMILES string of the molecule is CC1CCC(N2CCCNC(C)(C)C2)C1. The van der Waals surface area contributed by atoms with Gasteiger partial charge in [-0.15, -0.1) is 0 Å². The Labute approximate surface area is 94.4 Å². The first-order valence-corrected chi connectivity index (χ1v) is 6.56. The molecule has 2 fully saturated rings. The van der Waals surface area contributed by atoms with Gasteiger partial charge in [0.25, 0.3) is 0 Å². The molecule has 0 amide bonds. The van der Waals surface area contributed by atoms with Crippen LogP contribution in [0.3, 0.4) is 0 Å². The molecule has 0 radical (unpaired) electrons. The van der Waals surface area contributed by atoms with Crippen LogP contribution in [0.15, 0.2) is 0 Å². The first kappa shape index (κ1) is 11.4. The second kappa shape index (κ2) is 4.42. The second-order valence-electron chi connectivity index (χ2n) is 6.21. The van der Waals surface area contributed by atoms with Crippen LogP contribution < -0.4 is 5.32 Å². The van der Waals surface area contributed by atoms with Crippen LogP contribution in [0.5, 0.6) is 0 Å². The van der Waals surface area contributed by atoms with E-state index < -0.39 is 0 Å². The lowest BCUT2D eigenvalue weighted by Gasteiger charge is -2.34. The number of rotatable bonds is 1. The van der Waals surface area contributed by atoms with Gasteiger partial charge in [-0.1, -0.05) is 6.92 Å². The van der Waals surface area contributed by atoms with Gasteiger partial charge >= 0.3 is 0 Å². The van der Waals surface area contributed by atoms with Gasteiger partial charge in [0.15, 0.2) is 0 Å². The van der Waals surface area contributed by atoms with E-state index in [1.165, 1.54) is 45.3 Å². The largest absolute Gasteiger partial charge is 0.310 e. The van der Waals surface area contributed by atoms with Gasteiger partial charge in [-0.2, -0.15) is 0 Å². The maximum absolute atomic E-state index is 3.64. The van der Waals surface area contributed by atoms with Gasteiger partial charge in [0, 0.05) is 18.1 Å². The minimum Gasteiger partial charge on any atom is -0.310 e. The van der Waals surface area contributed by atoms with Crippen LogP contribution in [0.2, 0.25) is 0 Å². The molecule has 2 rings (SSSR count). The number of hydrogen-bond acceptors (Lipinski definition) is 2. The summed E-state index contributed by atoms with van der Waals surface area (Å²) in [5, 5.41) is 3.64. The van der Waals surface area contributed by atoms with Gasteiger partial charge in [-0.25, -0.2) is 0 Å². The Balaban J connectivity index is 1.95. The molecule has 1 heterocycles. The Bertz CT molecular complexity index is 213. The zero-order valence-corrected chi connectivity index (χ0v) is 10.6. The lowest BCUT2D eigenvalue weighted by molar-refractivity contribution is 0.168. The van der Waals surface area contributed by atoms with Crippen LogP contribution in [-0.2, 0) is 0 Å². The topological polar surface area (TPSA) is 15.3 Å². The predicted molar refractivity (Wildman–Crippen MR) is 65.1 cm³/mol. The fourth-order valence-electron chi connectivity index (χ4n) is 3.17. The quantitative estimate of drug-likeness (QED) is 0.714. The van der Waals surface area contributed by atoms with Gasteiger partial charge < -0.3 is 5.32 Å². The van der Waals surface area contributed by atoms with Crippen molar-refractivity contribution >= 4 is 0 Å². The Morgan fingerprint density at radius 2 is 2.07 bits per heavy atom. The maximum Gasteiger partial charge on any atom is 0.0252 e. The summed E-state index contributed by atoms with van der Waals surface area (Å²) < 4.78 is 0. The Kier molecular flexibility index (Phi) is 3.36. The van der Waals surface area contributed by atoms with Crippen LogP contribution in [0.25, 0.3) is 0 Å². The van der Waals surface area contributed by atoms with Gasteiger partial charge in [-0.3, -0.25) is 4.90 Å². The van der Waals surface area contributed by atoms with Crippen molar-refractivity contribution in [2.45, 2.75) is 58.0 Å². The molecule has 0 bridgehead atoms. The normalized spacial score (nSPS) is 37.8. The van der Waals surface area contributed by atoms with Crippen molar-refractivity contribution in [1.82, 2.24) is 10.2 Å². The number of nitrogens with one attached hydrogen (secondary N) is 1. The standard InChI is InChI=1S/C13H26N2/c1-11-5-6-12(9-11)15-8-4-7-14-13(2,3)10-15/h11-12,14H,4-10H2,1-3H3. The van der Waals surface area contributed by atoms with Gasteiger partial charge in [0.05, 0.1) is 0 Å². The maximum atomic E-state index is 3.64. The molecule has 0 aromatic rings. The number of nitrogens with zero attached hydrogens (tertiary/aromatic N) is 1. The third-order valence-electron chi connectivity index (χ3n) is 4.01. The minimum atomic E-state index is 0.308. The van der Waals surface area contributed by atoms with E-state index in [4.69, 9.17) is 0 Å². The molecule has 2 heteroatoms. The monoisotopic (exact) mass is 210 g/mol. The van der Waals surface area contributed by atoms with E-state index in [1.54, 1.807) is 0 Å². The first-order chi connectivity index (χ1) is 7.07. The predicted octanol–water partition coefficient (Wildman–Crippen LogP) is 2.25. The second-order valence-corrected chi connectivity index (χ2v) is 6.21. The zero-order valence-electron chi connectivity index (χ0n) is 10.6. The number of hydrogen-bond donors (Lipinski definition) is 1. The van der Waals surface area contributed by atoms with Crippen molar-refractivity contribution in [2.75, 3.05) is 19.6 Å². The molecule has 15 heavy (non-hydrogen) atoms. The molecule has 0 aromatic carbocycles. The molecule has 1 saturated carbocycles. The molecule has 2 unspecified atom stereocenters. The highest BCUT2D eigenvalue weighted by Gasteiger charge is 2.31. The van der Waals surface area contributed by atoms with Crippen molar-refractivity contribution in [1.29, 1.82) is 0 Å². The van der Waals surface area contributed by atoms with Gasteiger partial charge in [-0.05, 0) is 58.5 Å². The summed E-state index contributed by atoms with van der Waals surface area (Å²) in [7, 11) is 0. The highest BCUT2D eigenvalue weighted by molar-refractivity contribution is 4.90. The van der Waals surface area contributed by atoms with Crippen molar-refractivity contribution in [3.63, 3.8) is 0 Å². The van der Waals surface area contributed by atoms with Crippen molar-refractivity contribution in [2.24, 2.45) is 5.92 Å². The van der Waals surface area contributed by atoms with Crippen LogP contribution >= 0.6 is 0 Å². The summed E-state index contributed by atoms with van der Waals surface area (Å²) in [6, 6.07) is 0.874. The summed E-state index contributed by atoms with van der Waals surface area (Å²) in [5.74, 6) is 0.953. The third kappa shape index (κ3) is 2.94. The summed E-state index contributed by atoms with van der Waals surface area (Å²) >= 11 is 0. The molecule has 1 N–H and O–H groups in total. The average molecular weight is 210 g/mol. The fourth-order valence-corrected chi connectivity index (χ4v) is 3.17. The van der Waals surface area contributed by atoms with Crippen molar-refractivity contribution in [3.8, 4) is 0 Å². The smallest absolute Gasteiger partial charge is 0.0252 e.